The van der Waals surface area contributed by atoms with Gasteiger partial charge in [-0.05, 0) is 32.9 Å². The van der Waals surface area contributed by atoms with E-state index in [9.17, 15) is 9.59 Å². The first-order chi connectivity index (χ1) is 15.7. The van der Waals surface area contributed by atoms with Gasteiger partial charge in [-0.1, -0.05) is 11.6 Å². The van der Waals surface area contributed by atoms with Crippen molar-refractivity contribution in [1.82, 2.24) is 14.9 Å². The smallest absolute Gasteiger partial charge is 0.417 e. The molecule has 2 amide bonds. The molecule has 0 aliphatic carbocycles. The fourth-order valence-electron chi connectivity index (χ4n) is 4.09. The number of ether oxygens (including phenoxy) is 3. The number of hydrogen-bond acceptors (Lipinski definition) is 9. The van der Waals surface area contributed by atoms with Crippen molar-refractivity contribution in [3.05, 3.63) is 34.6 Å². The number of carbonyl (C=O) groups is 2. The Balaban J connectivity index is 1.41. The van der Waals surface area contributed by atoms with Crippen LogP contribution in [0, 0.1) is 0 Å². The minimum atomic E-state index is -0.734. The molecule has 174 valence electrons. The first kappa shape index (κ1) is 21.7. The third-order valence-corrected chi connectivity index (χ3v) is 5.89. The molecule has 5 rings (SSSR count). The molecule has 1 atom stereocenters. The van der Waals surface area contributed by atoms with Crippen molar-refractivity contribution in [2.24, 2.45) is 0 Å². The largest absolute Gasteiger partial charge is 0.474 e. The van der Waals surface area contributed by atoms with Crippen LogP contribution in [-0.2, 0) is 16.0 Å². The van der Waals surface area contributed by atoms with Gasteiger partial charge < -0.3 is 24.4 Å². The summed E-state index contributed by atoms with van der Waals surface area (Å²) in [6.45, 7) is 7.76. The predicted octanol–water partition coefficient (Wildman–Crippen LogP) is 3.36. The molecule has 3 aliphatic heterocycles. The predicted molar refractivity (Wildman–Crippen MR) is 120 cm³/mol. The maximum Gasteiger partial charge on any atom is 0.417 e. The standard InChI is InChI=1S/C22H24ClN5O5/c1-22(2,3)33-21(30)28-9-13-17(20(28)29)14(8-24-18(13)23)25-16-5-4-15-19(26-16)32-11-12-10-31-7-6-27(12)15/h4-5,8,12H,6-7,9-11H2,1-3H3,(H,25,26)/t12-/m1/s1. The number of anilines is 3. The second-order valence-electron chi connectivity index (χ2n) is 9.07. The highest BCUT2D eigenvalue weighted by molar-refractivity contribution is 6.31. The van der Waals surface area contributed by atoms with Crippen LogP contribution in [0.2, 0.25) is 5.15 Å². The van der Waals surface area contributed by atoms with Crippen LogP contribution < -0.4 is 15.0 Å². The van der Waals surface area contributed by atoms with E-state index in [1.807, 2.05) is 12.1 Å². The first-order valence-corrected chi connectivity index (χ1v) is 11.1. The van der Waals surface area contributed by atoms with Gasteiger partial charge in [0.05, 0.1) is 43.2 Å². The SMILES string of the molecule is CC(C)(C)OC(=O)N1Cc2c(Cl)ncc(Nc3ccc4c(n3)OC[C@H]3COCCN43)c2C1=O. The Hall–Kier alpha value is -3.11. The van der Waals surface area contributed by atoms with Crippen LogP contribution in [0.1, 0.15) is 36.7 Å². The average molecular weight is 474 g/mol. The molecule has 0 saturated carbocycles. The van der Waals surface area contributed by atoms with Gasteiger partial charge in [-0.3, -0.25) is 4.79 Å². The number of pyridine rings is 2. The maximum absolute atomic E-state index is 13.1. The number of amides is 2. The van der Waals surface area contributed by atoms with Crippen LogP contribution in [0.3, 0.4) is 0 Å². The second kappa shape index (κ2) is 8.03. The number of halogens is 1. The summed E-state index contributed by atoms with van der Waals surface area (Å²) in [6.07, 6.45) is 0.726. The van der Waals surface area contributed by atoms with Gasteiger partial charge in [-0.15, -0.1) is 0 Å². The van der Waals surface area contributed by atoms with Gasteiger partial charge in [0.1, 0.15) is 28.9 Å². The molecule has 0 bridgehead atoms. The number of rotatable bonds is 2. The molecule has 1 saturated heterocycles. The summed E-state index contributed by atoms with van der Waals surface area (Å²) in [5.41, 5.74) is 1.31. The lowest BCUT2D eigenvalue weighted by Gasteiger charge is -2.40. The zero-order valence-corrected chi connectivity index (χ0v) is 19.3. The fourth-order valence-corrected chi connectivity index (χ4v) is 4.30. The number of carbonyl (C=O) groups excluding carboxylic acids is 2. The molecule has 11 heteroatoms. The molecule has 0 aromatic carbocycles. The van der Waals surface area contributed by atoms with Crippen LogP contribution in [0.5, 0.6) is 5.88 Å². The fraction of sp³-hybridized carbons (Fsp3) is 0.455. The Morgan fingerprint density at radius 2 is 2.12 bits per heavy atom. The van der Waals surface area contributed by atoms with E-state index in [2.05, 4.69) is 20.2 Å². The van der Waals surface area contributed by atoms with Gasteiger partial charge in [0, 0.05) is 12.1 Å². The number of nitrogens with one attached hydrogen (secondary N) is 1. The summed E-state index contributed by atoms with van der Waals surface area (Å²) in [4.78, 5) is 37.7. The maximum atomic E-state index is 13.1. The minimum absolute atomic E-state index is 0.0103. The van der Waals surface area contributed by atoms with Crippen LogP contribution in [-0.4, -0.2) is 64.9 Å². The van der Waals surface area contributed by atoms with Crippen LogP contribution in [0.25, 0.3) is 0 Å². The summed E-state index contributed by atoms with van der Waals surface area (Å²) in [5.74, 6) is 0.491. The molecule has 1 N–H and O–H groups in total. The van der Waals surface area contributed by atoms with E-state index >= 15 is 0 Å². The van der Waals surface area contributed by atoms with Crippen molar-refractivity contribution in [2.45, 2.75) is 39.0 Å². The van der Waals surface area contributed by atoms with E-state index in [0.717, 1.165) is 17.1 Å². The normalized spacial score (nSPS) is 19.4. The van der Waals surface area contributed by atoms with Gasteiger partial charge in [-0.25, -0.2) is 14.7 Å². The van der Waals surface area contributed by atoms with Crippen LogP contribution in [0.15, 0.2) is 18.3 Å². The van der Waals surface area contributed by atoms with Crippen LogP contribution >= 0.6 is 11.6 Å². The summed E-state index contributed by atoms with van der Waals surface area (Å²) in [5, 5.41) is 3.30. The topological polar surface area (TPSA) is 106 Å². The van der Waals surface area contributed by atoms with Crippen LogP contribution in [0.4, 0.5) is 22.0 Å². The van der Waals surface area contributed by atoms with Gasteiger partial charge in [0.25, 0.3) is 5.91 Å². The highest BCUT2D eigenvalue weighted by Gasteiger charge is 2.39. The average Bonchev–Trinajstić information content (AvgIpc) is 3.13. The molecule has 2 aromatic heterocycles. The van der Waals surface area contributed by atoms with E-state index in [1.54, 1.807) is 20.8 Å². The Labute approximate surface area is 195 Å². The van der Waals surface area contributed by atoms with Crippen molar-refractivity contribution in [3.8, 4) is 5.88 Å². The number of morpholine rings is 1. The van der Waals surface area contributed by atoms with E-state index < -0.39 is 17.6 Å². The Bertz CT molecular complexity index is 1130. The van der Waals surface area contributed by atoms with Crippen molar-refractivity contribution in [2.75, 3.05) is 36.6 Å². The van der Waals surface area contributed by atoms with Crippen molar-refractivity contribution < 1.29 is 23.8 Å². The number of imide groups is 1. The van der Waals surface area contributed by atoms with E-state index in [0.29, 0.717) is 42.8 Å². The number of fused-ring (bicyclic) bond motifs is 4. The van der Waals surface area contributed by atoms with E-state index in [-0.39, 0.29) is 23.3 Å². The zero-order chi connectivity index (χ0) is 23.3. The van der Waals surface area contributed by atoms with Gasteiger partial charge in [-0.2, -0.15) is 4.98 Å². The monoisotopic (exact) mass is 473 g/mol. The molecule has 1 fully saturated rings. The molecular weight excluding hydrogens is 450 g/mol. The third kappa shape index (κ3) is 4.04. The molecule has 0 unspecified atom stereocenters. The molecular formula is C22H24ClN5O5. The minimum Gasteiger partial charge on any atom is -0.474 e. The lowest BCUT2D eigenvalue weighted by atomic mass is 10.1. The lowest BCUT2D eigenvalue weighted by Crippen LogP contribution is -2.51. The van der Waals surface area contributed by atoms with E-state index in [1.165, 1.54) is 6.20 Å². The molecule has 3 aliphatic rings. The Kier molecular flexibility index (Phi) is 5.29. The number of nitrogens with zero attached hydrogens (tertiary/aromatic N) is 4. The summed E-state index contributed by atoms with van der Waals surface area (Å²) in [7, 11) is 0. The Morgan fingerprint density at radius 1 is 1.30 bits per heavy atom. The van der Waals surface area contributed by atoms with Gasteiger partial charge in [0.2, 0.25) is 5.88 Å². The summed E-state index contributed by atoms with van der Waals surface area (Å²) in [6, 6.07) is 3.92. The molecule has 2 aromatic rings. The molecule has 0 radical (unpaired) electrons. The van der Waals surface area contributed by atoms with Crippen molar-refractivity contribution in [1.29, 1.82) is 0 Å². The quantitative estimate of drug-likeness (QED) is 0.657. The summed E-state index contributed by atoms with van der Waals surface area (Å²) < 4.78 is 16.8. The summed E-state index contributed by atoms with van der Waals surface area (Å²) >= 11 is 6.25. The van der Waals surface area contributed by atoms with Crippen molar-refractivity contribution in [3.63, 3.8) is 0 Å². The third-order valence-electron chi connectivity index (χ3n) is 5.57. The molecule has 0 spiro atoms. The molecule has 10 nitrogen and oxygen atoms in total. The lowest BCUT2D eigenvalue weighted by molar-refractivity contribution is 0.0248. The first-order valence-electron chi connectivity index (χ1n) is 10.7. The zero-order valence-electron chi connectivity index (χ0n) is 18.6. The van der Waals surface area contributed by atoms with Gasteiger partial charge >= 0.3 is 6.09 Å². The number of aromatic nitrogens is 2. The second-order valence-corrected chi connectivity index (χ2v) is 9.42. The van der Waals surface area contributed by atoms with E-state index in [4.69, 9.17) is 25.8 Å². The van der Waals surface area contributed by atoms with Gasteiger partial charge in [0.15, 0.2) is 0 Å². The highest BCUT2D eigenvalue weighted by Crippen LogP contribution is 2.37. The Morgan fingerprint density at radius 3 is 2.91 bits per heavy atom. The highest BCUT2D eigenvalue weighted by atomic mass is 35.5. The number of hydrogen-bond donors (Lipinski definition) is 1. The van der Waals surface area contributed by atoms with Crippen molar-refractivity contribution >= 4 is 40.8 Å². The molecule has 33 heavy (non-hydrogen) atoms. The molecule has 5 heterocycles.